The summed E-state index contributed by atoms with van der Waals surface area (Å²) in [5.41, 5.74) is -0.520. The Balaban J connectivity index is 2.78. The van der Waals surface area contributed by atoms with E-state index in [1.807, 2.05) is 0 Å². The highest BCUT2D eigenvalue weighted by Gasteiger charge is 2.32. The Bertz CT molecular complexity index is 509. The molecule has 1 aromatic rings. The van der Waals surface area contributed by atoms with E-state index in [9.17, 15) is 14.0 Å². The minimum Gasteiger partial charge on any atom is -0.480 e. The number of anilines is 1. The molecular weight excluding hydrogens is 287 g/mol. The summed E-state index contributed by atoms with van der Waals surface area (Å²) in [5, 5.41) is 13.9. The van der Waals surface area contributed by atoms with Crippen LogP contribution in [0.1, 0.15) is 20.8 Å². The summed E-state index contributed by atoms with van der Waals surface area (Å²) >= 11 is 5.66. The van der Waals surface area contributed by atoms with E-state index in [0.29, 0.717) is 0 Å². The Morgan fingerprint density at radius 3 is 2.35 bits per heavy atom. The van der Waals surface area contributed by atoms with Gasteiger partial charge in [-0.3, -0.25) is 0 Å². The van der Waals surface area contributed by atoms with Crippen molar-refractivity contribution < 1.29 is 19.1 Å². The molecule has 0 fully saturated rings. The van der Waals surface area contributed by atoms with E-state index in [0.717, 1.165) is 12.1 Å². The molecule has 0 saturated carbocycles. The van der Waals surface area contributed by atoms with Gasteiger partial charge < -0.3 is 15.7 Å². The molecule has 0 saturated heterocycles. The van der Waals surface area contributed by atoms with Gasteiger partial charge in [0.2, 0.25) is 0 Å². The topological polar surface area (TPSA) is 78.4 Å². The first-order valence-electron chi connectivity index (χ1n) is 5.86. The monoisotopic (exact) mass is 302 g/mol. The Labute approximate surface area is 121 Å². The van der Waals surface area contributed by atoms with Gasteiger partial charge in [0.25, 0.3) is 0 Å². The molecule has 0 bridgehead atoms. The highest BCUT2D eigenvalue weighted by molar-refractivity contribution is 6.30. The summed E-state index contributed by atoms with van der Waals surface area (Å²) in [4.78, 5) is 22.9. The molecule has 0 aromatic heterocycles. The molecule has 5 nitrogen and oxygen atoms in total. The lowest BCUT2D eigenvalue weighted by molar-refractivity contribution is -0.141. The summed E-state index contributed by atoms with van der Waals surface area (Å²) in [6, 6.07) is 1.72. The van der Waals surface area contributed by atoms with Crippen LogP contribution in [0.25, 0.3) is 0 Å². The lowest BCUT2D eigenvalue weighted by Gasteiger charge is -2.27. The zero-order valence-corrected chi connectivity index (χ0v) is 12.1. The third-order valence-corrected chi connectivity index (χ3v) is 2.73. The number of urea groups is 1. The Morgan fingerprint density at radius 2 is 1.90 bits per heavy atom. The predicted molar refractivity (Wildman–Crippen MR) is 74.4 cm³/mol. The van der Waals surface area contributed by atoms with Gasteiger partial charge >= 0.3 is 12.0 Å². The van der Waals surface area contributed by atoms with Crippen LogP contribution in [-0.2, 0) is 4.79 Å². The number of halogens is 2. The standard InChI is InChI=1S/C13H16ClFN2O3/c1-13(2,3)10(11(18)19)17-12(20)16-9-5-7(14)4-8(15)6-9/h4-6,10H,1-3H3,(H,18,19)(H2,16,17,20). The summed E-state index contributed by atoms with van der Waals surface area (Å²) < 4.78 is 13.1. The van der Waals surface area contributed by atoms with E-state index in [-0.39, 0.29) is 10.7 Å². The number of hydrogen-bond acceptors (Lipinski definition) is 2. The van der Waals surface area contributed by atoms with E-state index >= 15 is 0 Å². The van der Waals surface area contributed by atoms with Gasteiger partial charge in [0.05, 0.1) is 0 Å². The molecule has 0 radical (unpaired) electrons. The van der Waals surface area contributed by atoms with Gasteiger partial charge in [0.1, 0.15) is 11.9 Å². The summed E-state index contributed by atoms with van der Waals surface area (Å²) in [7, 11) is 0. The van der Waals surface area contributed by atoms with Crippen molar-refractivity contribution in [3.8, 4) is 0 Å². The first-order chi connectivity index (χ1) is 9.09. The number of rotatable bonds is 3. The fourth-order valence-electron chi connectivity index (χ4n) is 1.57. The minimum atomic E-state index is -1.15. The number of amides is 2. The van der Waals surface area contributed by atoms with Crippen molar-refractivity contribution in [1.82, 2.24) is 5.32 Å². The van der Waals surface area contributed by atoms with Crippen molar-refractivity contribution in [1.29, 1.82) is 0 Å². The van der Waals surface area contributed by atoms with E-state index in [1.54, 1.807) is 20.8 Å². The molecule has 1 atom stereocenters. The molecule has 20 heavy (non-hydrogen) atoms. The lowest BCUT2D eigenvalue weighted by Crippen LogP contribution is -2.50. The first kappa shape index (κ1) is 16.2. The van der Waals surface area contributed by atoms with Crippen LogP contribution in [0.3, 0.4) is 0 Å². The van der Waals surface area contributed by atoms with E-state index in [4.69, 9.17) is 16.7 Å². The number of carboxylic acid groups (broad SMARTS) is 1. The normalized spacial score (nSPS) is 12.7. The van der Waals surface area contributed by atoms with Crippen LogP contribution in [0.5, 0.6) is 0 Å². The number of carboxylic acids is 1. The third kappa shape index (κ3) is 4.70. The summed E-state index contributed by atoms with van der Waals surface area (Å²) in [6.45, 7) is 5.06. The molecule has 0 aliphatic heterocycles. The molecular formula is C13H16ClFN2O3. The van der Waals surface area contributed by atoms with Gasteiger partial charge in [-0.1, -0.05) is 32.4 Å². The molecule has 110 valence electrons. The number of hydrogen-bond donors (Lipinski definition) is 3. The molecule has 1 aromatic carbocycles. The van der Waals surface area contributed by atoms with Gasteiger partial charge in [0, 0.05) is 10.7 Å². The van der Waals surface area contributed by atoms with E-state index in [1.165, 1.54) is 6.07 Å². The molecule has 3 N–H and O–H groups in total. The average Bonchev–Trinajstić information content (AvgIpc) is 2.22. The van der Waals surface area contributed by atoms with Gasteiger partial charge in [-0.2, -0.15) is 0 Å². The first-order valence-corrected chi connectivity index (χ1v) is 6.24. The zero-order valence-electron chi connectivity index (χ0n) is 11.3. The molecule has 0 spiro atoms. The highest BCUT2D eigenvalue weighted by atomic mass is 35.5. The quantitative estimate of drug-likeness (QED) is 0.803. The van der Waals surface area contributed by atoms with Crippen LogP contribution in [0.2, 0.25) is 5.02 Å². The van der Waals surface area contributed by atoms with Gasteiger partial charge in [-0.05, 0) is 23.6 Å². The maximum Gasteiger partial charge on any atom is 0.326 e. The average molecular weight is 303 g/mol. The van der Waals surface area contributed by atoms with Crippen molar-refractivity contribution in [2.45, 2.75) is 26.8 Å². The molecule has 0 heterocycles. The number of aliphatic carboxylic acids is 1. The van der Waals surface area contributed by atoms with Crippen molar-refractivity contribution in [2.24, 2.45) is 5.41 Å². The largest absolute Gasteiger partial charge is 0.480 e. The number of carbonyl (C=O) groups excluding carboxylic acids is 1. The van der Waals surface area contributed by atoms with Crippen molar-refractivity contribution in [3.05, 3.63) is 29.0 Å². The van der Waals surface area contributed by atoms with Crippen LogP contribution in [-0.4, -0.2) is 23.1 Å². The molecule has 2 amide bonds. The Kier molecular flexibility index (Phi) is 4.94. The second-order valence-corrected chi connectivity index (χ2v) is 5.83. The van der Waals surface area contributed by atoms with Gasteiger partial charge in [-0.25, -0.2) is 14.0 Å². The van der Waals surface area contributed by atoms with Gasteiger partial charge in [-0.15, -0.1) is 0 Å². The molecule has 7 heteroatoms. The summed E-state index contributed by atoms with van der Waals surface area (Å²) in [5.74, 6) is -1.75. The molecule has 1 unspecified atom stereocenters. The molecule has 0 aliphatic carbocycles. The highest BCUT2D eigenvalue weighted by Crippen LogP contribution is 2.20. The fraction of sp³-hybridized carbons (Fsp3) is 0.385. The van der Waals surface area contributed by atoms with E-state index in [2.05, 4.69) is 10.6 Å². The van der Waals surface area contributed by atoms with E-state index < -0.39 is 29.3 Å². The second-order valence-electron chi connectivity index (χ2n) is 5.39. The summed E-state index contributed by atoms with van der Waals surface area (Å²) in [6.07, 6.45) is 0. The van der Waals surface area contributed by atoms with Crippen molar-refractivity contribution >= 4 is 29.3 Å². The lowest BCUT2D eigenvalue weighted by atomic mass is 9.87. The number of nitrogens with one attached hydrogen (secondary N) is 2. The van der Waals surface area contributed by atoms with Crippen LogP contribution in [0, 0.1) is 11.2 Å². The van der Waals surface area contributed by atoms with Crippen molar-refractivity contribution in [3.63, 3.8) is 0 Å². The maximum atomic E-state index is 13.1. The SMILES string of the molecule is CC(C)(C)C(NC(=O)Nc1cc(F)cc(Cl)c1)C(=O)O. The predicted octanol–water partition coefficient (Wildman–Crippen LogP) is 3.10. The van der Waals surface area contributed by atoms with Crippen molar-refractivity contribution in [2.75, 3.05) is 5.32 Å². The Hall–Kier alpha value is -1.82. The van der Waals surface area contributed by atoms with Crippen LogP contribution >= 0.6 is 11.6 Å². The molecule has 1 rings (SSSR count). The molecule has 0 aliphatic rings. The van der Waals surface area contributed by atoms with Gasteiger partial charge in [0.15, 0.2) is 0 Å². The van der Waals surface area contributed by atoms with Crippen LogP contribution in [0.4, 0.5) is 14.9 Å². The van der Waals surface area contributed by atoms with Crippen LogP contribution < -0.4 is 10.6 Å². The Morgan fingerprint density at radius 1 is 1.30 bits per heavy atom. The van der Waals surface area contributed by atoms with Crippen LogP contribution in [0.15, 0.2) is 18.2 Å². The maximum absolute atomic E-state index is 13.1. The third-order valence-electron chi connectivity index (χ3n) is 2.51. The fourth-order valence-corrected chi connectivity index (χ4v) is 1.79. The minimum absolute atomic E-state index is 0.130. The number of benzene rings is 1. The zero-order chi connectivity index (χ0) is 15.5. The number of carbonyl (C=O) groups is 2. The smallest absolute Gasteiger partial charge is 0.326 e. The second kappa shape index (κ2) is 6.09.